The van der Waals surface area contributed by atoms with E-state index in [-0.39, 0.29) is 6.54 Å². The molecule has 0 radical (unpaired) electrons. The quantitative estimate of drug-likeness (QED) is 0.539. The van der Waals surface area contributed by atoms with Crippen molar-refractivity contribution in [2.24, 2.45) is 5.73 Å². The molecule has 1 aliphatic heterocycles. The molecule has 0 saturated carbocycles. The first-order valence-electron chi connectivity index (χ1n) is 4.27. The van der Waals surface area contributed by atoms with Crippen LogP contribution in [0.1, 0.15) is 13.3 Å². The van der Waals surface area contributed by atoms with E-state index >= 15 is 0 Å². The van der Waals surface area contributed by atoms with Crippen LogP contribution in [0.15, 0.2) is 0 Å². The van der Waals surface area contributed by atoms with Crippen molar-refractivity contribution in [3.05, 3.63) is 0 Å². The molecule has 1 aliphatic rings. The fourth-order valence-electron chi connectivity index (χ4n) is 1.35. The van der Waals surface area contributed by atoms with Gasteiger partial charge in [0, 0.05) is 12.1 Å². The molecule has 0 aromatic carbocycles. The lowest BCUT2D eigenvalue weighted by Gasteiger charge is -2.40. The summed E-state index contributed by atoms with van der Waals surface area (Å²) in [7, 11) is 1.32. The normalized spacial score (nSPS) is 34.5. The van der Waals surface area contributed by atoms with E-state index in [9.17, 15) is 9.90 Å². The Bertz CT molecular complexity index is 206. The van der Waals surface area contributed by atoms with Gasteiger partial charge in [0.1, 0.15) is 0 Å². The molecule has 1 rings (SSSR count). The number of rotatable bonds is 0. The lowest BCUT2D eigenvalue weighted by Crippen LogP contribution is -2.59. The Morgan fingerprint density at radius 1 is 1.77 bits per heavy atom. The molecule has 1 fully saturated rings. The Labute approximate surface area is 77.5 Å². The molecule has 3 N–H and O–H groups in total. The smallest absolute Gasteiger partial charge is 0.409 e. The van der Waals surface area contributed by atoms with Gasteiger partial charge < -0.3 is 20.5 Å². The van der Waals surface area contributed by atoms with Crippen LogP contribution in [0.5, 0.6) is 0 Å². The summed E-state index contributed by atoms with van der Waals surface area (Å²) in [6.07, 6.45) is -0.501. The number of likely N-dealkylation sites (tertiary alicyclic amines) is 1. The maximum atomic E-state index is 11.1. The first-order valence-corrected chi connectivity index (χ1v) is 4.27. The molecule has 13 heavy (non-hydrogen) atoms. The Morgan fingerprint density at radius 3 is 2.85 bits per heavy atom. The summed E-state index contributed by atoms with van der Waals surface area (Å²) in [4.78, 5) is 12.5. The Hall–Kier alpha value is -0.810. The molecule has 5 nitrogen and oxygen atoms in total. The Balaban J connectivity index is 2.56. The topological polar surface area (TPSA) is 75.8 Å². The fourth-order valence-corrected chi connectivity index (χ4v) is 1.35. The molecule has 1 saturated heterocycles. The molecule has 1 amide bonds. The van der Waals surface area contributed by atoms with Crippen LogP contribution >= 0.6 is 0 Å². The molecular weight excluding hydrogens is 172 g/mol. The fraction of sp³-hybridized carbons (Fsp3) is 0.875. The minimum Gasteiger partial charge on any atom is -0.453 e. The van der Waals surface area contributed by atoms with Crippen molar-refractivity contribution in [3.8, 4) is 0 Å². The molecular formula is C8H16N2O3. The van der Waals surface area contributed by atoms with Crippen molar-refractivity contribution in [1.29, 1.82) is 0 Å². The molecule has 1 heterocycles. The zero-order chi connectivity index (χ0) is 10.1. The molecule has 0 bridgehead atoms. The second-order valence-corrected chi connectivity index (χ2v) is 3.69. The summed E-state index contributed by atoms with van der Waals surface area (Å²) < 4.78 is 4.54. The van der Waals surface area contributed by atoms with Crippen LogP contribution in [0.3, 0.4) is 0 Å². The number of nitrogens with zero attached hydrogens (tertiary/aromatic N) is 1. The lowest BCUT2D eigenvalue weighted by atomic mass is 9.88. The summed E-state index contributed by atoms with van der Waals surface area (Å²) in [6.45, 7) is 2.57. The van der Waals surface area contributed by atoms with E-state index in [1.807, 2.05) is 0 Å². The van der Waals surface area contributed by atoms with Gasteiger partial charge in [-0.1, -0.05) is 0 Å². The van der Waals surface area contributed by atoms with E-state index in [1.54, 1.807) is 6.92 Å². The summed E-state index contributed by atoms with van der Waals surface area (Å²) in [6, 6.07) is 0. The van der Waals surface area contributed by atoms with Gasteiger partial charge in [0.15, 0.2) is 0 Å². The van der Waals surface area contributed by atoms with Crippen molar-refractivity contribution in [1.82, 2.24) is 4.90 Å². The maximum Gasteiger partial charge on any atom is 0.409 e. The van der Waals surface area contributed by atoms with Crippen molar-refractivity contribution < 1.29 is 14.6 Å². The van der Waals surface area contributed by atoms with Gasteiger partial charge in [-0.15, -0.1) is 0 Å². The largest absolute Gasteiger partial charge is 0.453 e. The van der Waals surface area contributed by atoms with Gasteiger partial charge in [0.25, 0.3) is 0 Å². The minimum atomic E-state index is -0.680. The third-order valence-electron chi connectivity index (χ3n) is 2.51. The zero-order valence-electron chi connectivity index (χ0n) is 7.99. The van der Waals surface area contributed by atoms with Gasteiger partial charge in [0.05, 0.1) is 19.8 Å². The van der Waals surface area contributed by atoms with Crippen LogP contribution in [0.25, 0.3) is 0 Å². The monoisotopic (exact) mass is 188 g/mol. The van der Waals surface area contributed by atoms with Crippen LogP contribution in [0, 0.1) is 0 Å². The number of aliphatic hydroxyl groups excluding tert-OH is 1. The summed E-state index contributed by atoms with van der Waals surface area (Å²) in [5.74, 6) is 0. The first kappa shape index (κ1) is 10.3. The van der Waals surface area contributed by atoms with Crippen LogP contribution in [-0.4, -0.2) is 47.9 Å². The second kappa shape index (κ2) is 3.51. The number of carbonyl (C=O) groups is 1. The molecule has 0 spiro atoms. The van der Waals surface area contributed by atoms with E-state index < -0.39 is 17.7 Å². The van der Waals surface area contributed by atoms with E-state index in [2.05, 4.69) is 4.74 Å². The SMILES string of the molecule is COC(=O)N1CC[C@@](C)(N)[C@H](O)C1. The van der Waals surface area contributed by atoms with E-state index in [4.69, 9.17) is 5.73 Å². The van der Waals surface area contributed by atoms with Crippen molar-refractivity contribution in [3.63, 3.8) is 0 Å². The number of nitrogens with two attached hydrogens (primary N) is 1. The van der Waals surface area contributed by atoms with Crippen LogP contribution in [0.2, 0.25) is 0 Å². The first-order chi connectivity index (χ1) is 5.97. The van der Waals surface area contributed by atoms with Crippen LogP contribution < -0.4 is 5.73 Å². The molecule has 76 valence electrons. The molecule has 0 unspecified atom stereocenters. The number of aliphatic hydroxyl groups is 1. The average Bonchev–Trinajstić information content (AvgIpc) is 2.08. The summed E-state index contributed by atoms with van der Waals surface area (Å²) in [5, 5.41) is 9.58. The molecule has 5 heteroatoms. The van der Waals surface area contributed by atoms with Gasteiger partial charge in [-0.05, 0) is 13.3 Å². The van der Waals surface area contributed by atoms with Gasteiger partial charge in [0.2, 0.25) is 0 Å². The van der Waals surface area contributed by atoms with E-state index in [0.29, 0.717) is 13.0 Å². The second-order valence-electron chi connectivity index (χ2n) is 3.69. The van der Waals surface area contributed by atoms with Gasteiger partial charge >= 0.3 is 6.09 Å². The predicted molar refractivity (Wildman–Crippen MR) is 47.2 cm³/mol. The third-order valence-corrected chi connectivity index (χ3v) is 2.51. The average molecular weight is 188 g/mol. The number of hydrogen-bond acceptors (Lipinski definition) is 4. The number of carbonyl (C=O) groups excluding carboxylic acids is 1. The zero-order valence-corrected chi connectivity index (χ0v) is 7.99. The number of hydrogen-bond donors (Lipinski definition) is 2. The Morgan fingerprint density at radius 2 is 2.38 bits per heavy atom. The number of methoxy groups -OCH3 is 1. The highest BCUT2D eigenvalue weighted by Gasteiger charge is 2.36. The highest BCUT2D eigenvalue weighted by molar-refractivity contribution is 5.67. The van der Waals surface area contributed by atoms with Crippen LogP contribution in [-0.2, 0) is 4.74 Å². The van der Waals surface area contributed by atoms with E-state index in [0.717, 1.165) is 0 Å². The number of amides is 1. The summed E-state index contributed by atoms with van der Waals surface area (Å²) in [5.41, 5.74) is 5.20. The summed E-state index contributed by atoms with van der Waals surface area (Å²) >= 11 is 0. The third kappa shape index (κ3) is 2.10. The predicted octanol–water partition coefficient (Wildman–Crippen LogP) is -0.463. The molecule has 0 aromatic rings. The van der Waals surface area contributed by atoms with Crippen molar-refractivity contribution in [2.75, 3.05) is 20.2 Å². The minimum absolute atomic E-state index is 0.250. The Kier molecular flexibility index (Phi) is 2.77. The van der Waals surface area contributed by atoms with Gasteiger partial charge in [-0.3, -0.25) is 0 Å². The lowest BCUT2D eigenvalue weighted by molar-refractivity contribution is 0.0119. The maximum absolute atomic E-state index is 11.1. The molecule has 2 atom stereocenters. The van der Waals surface area contributed by atoms with Crippen molar-refractivity contribution in [2.45, 2.75) is 25.0 Å². The standard InChI is InChI=1S/C8H16N2O3/c1-8(9)3-4-10(5-6(8)11)7(12)13-2/h6,11H,3-5,9H2,1-2H3/t6-,8-/m1/s1. The molecule has 0 aromatic heterocycles. The number of β-amino-alcohol motifs (C(OH)–C–C–N with tert-alkyl or cyclic N) is 1. The van der Waals surface area contributed by atoms with Gasteiger partial charge in [-0.2, -0.15) is 0 Å². The molecule has 0 aliphatic carbocycles. The van der Waals surface area contributed by atoms with Gasteiger partial charge in [-0.25, -0.2) is 4.79 Å². The van der Waals surface area contributed by atoms with Crippen LogP contribution in [0.4, 0.5) is 4.79 Å². The highest BCUT2D eigenvalue weighted by Crippen LogP contribution is 2.19. The van der Waals surface area contributed by atoms with Crippen molar-refractivity contribution >= 4 is 6.09 Å². The number of piperidine rings is 1. The number of ether oxygens (including phenoxy) is 1. The highest BCUT2D eigenvalue weighted by atomic mass is 16.5. The van der Waals surface area contributed by atoms with E-state index in [1.165, 1.54) is 12.0 Å².